The van der Waals surface area contributed by atoms with Gasteiger partial charge in [0.2, 0.25) is 0 Å². The molecule has 5 rings (SSSR count). The third-order valence-corrected chi connectivity index (χ3v) is 7.68. The van der Waals surface area contributed by atoms with Crippen LogP contribution in [0.4, 0.5) is 0 Å². The second-order valence-corrected chi connectivity index (χ2v) is 10.8. The molecule has 0 saturated carbocycles. The molecule has 0 spiro atoms. The van der Waals surface area contributed by atoms with E-state index in [2.05, 4.69) is 46.3 Å². The van der Waals surface area contributed by atoms with Crippen molar-refractivity contribution in [3.8, 4) is 0 Å². The largest absolute Gasteiger partial charge is 0.477 e. The van der Waals surface area contributed by atoms with Crippen molar-refractivity contribution in [3.05, 3.63) is 106 Å². The Morgan fingerprint density at radius 2 is 1.61 bits per heavy atom. The van der Waals surface area contributed by atoms with Gasteiger partial charge in [0.15, 0.2) is 0 Å². The fourth-order valence-corrected chi connectivity index (χ4v) is 5.91. The van der Waals surface area contributed by atoms with Gasteiger partial charge >= 0.3 is 5.97 Å². The first-order valence-electron chi connectivity index (χ1n) is 11.3. The number of fused-ring (bicyclic) bond motifs is 2. The van der Waals surface area contributed by atoms with Gasteiger partial charge in [-0.3, -0.25) is 4.79 Å². The second kappa shape index (κ2) is 9.84. The molecule has 36 heavy (non-hydrogen) atoms. The molecule has 0 aliphatic heterocycles. The van der Waals surface area contributed by atoms with Gasteiger partial charge in [-0.05, 0) is 58.8 Å². The molecule has 0 fully saturated rings. The molecule has 0 aliphatic carbocycles. The molecule has 0 atom stereocenters. The molecule has 1 aromatic heterocycles. The Morgan fingerprint density at radius 3 is 2.31 bits per heavy atom. The van der Waals surface area contributed by atoms with Crippen molar-refractivity contribution in [2.24, 2.45) is 0 Å². The minimum atomic E-state index is -0.985. The lowest BCUT2D eigenvalue weighted by molar-refractivity contribution is 0.0685. The number of carboxylic acids is 1. The maximum Gasteiger partial charge on any atom is 0.352 e. The van der Waals surface area contributed by atoms with Crippen molar-refractivity contribution in [3.63, 3.8) is 0 Å². The molecular weight excluding hydrogens is 536 g/mol. The maximum absolute atomic E-state index is 12.2. The highest BCUT2D eigenvalue weighted by Gasteiger charge is 2.18. The Bertz CT molecular complexity index is 1620. The van der Waals surface area contributed by atoms with Gasteiger partial charge in [0.25, 0.3) is 5.91 Å². The van der Waals surface area contributed by atoms with Gasteiger partial charge in [-0.15, -0.1) is 0 Å². The van der Waals surface area contributed by atoms with Gasteiger partial charge < -0.3 is 14.6 Å². The van der Waals surface area contributed by atoms with Crippen LogP contribution in [0.25, 0.3) is 21.7 Å². The first kappa shape index (κ1) is 24.2. The number of carbonyl (C=O) groups is 2. The zero-order chi connectivity index (χ0) is 25.4. The van der Waals surface area contributed by atoms with Crippen molar-refractivity contribution in [1.82, 2.24) is 9.47 Å². The third kappa shape index (κ3) is 4.76. The molecule has 7 heteroatoms. The molecule has 1 amide bonds. The van der Waals surface area contributed by atoms with Crippen LogP contribution in [0, 0.1) is 0 Å². The standard InChI is InChI=1S/C29H23BrN2O3S/c1-31(2)28(33)20-9-7-18(8-10-20)17-32-26-15-23(14-25(30)24(26)16-27(32)29(34)35)36-22-12-11-19-5-3-4-6-21(19)13-22/h3-16H,17H2,1-2H3,(H,34,35). The Morgan fingerprint density at radius 1 is 0.889 bits per heavy atom. The molecule has 5 nitrogen and oxygen atoms in total. The number of amides is 1. The van der Waals surface area contributed by atoms with Crippen LogP contribution >= 0.6 is 27.7 Å². The summed E-state index contributed by atoms with van der Waals surface area (Å²) in [6.07, 6.45) is 0. The molecule has 0 aliphatic rings. The average Bonchev–Trinajstić information content (AvgIpc) is 3.23. The summed E-state index contributed by atoms with van der Waals surface area (Å²) < 4.78 is 2.66. The van der Waals surface area contributed by atoms with Crippen LogP contribution < -0.4 is 0 Å². The van der Waals surface area contributed by atoms with E-state index < -0.39 is 5.97 Å². The Balaban J connectivity index is 1.52. The average molecular weight is 559 g/mol. The molecule has 180 valence electrons. The van der Waals surface area contributed by atoms with Gasteiger partial charge in [-0.1, -0.05) is 70.2 Å². The number of hydrogen-bond acceptors (Lipinski definition) is 3. The molecule has 5 aromatic rings. The van der Waals surface area contributed by atoms with Crippen molar-refractivity contribution >= 4 is 61.2 Å². The molecule has 1 heterocycles. The number of rotatable bonds is 6. The lowest BCUT2D eigenvalue weighted by Gasteiger charge is -2.13. The molecule has 4 aromatic carbocycles. The summed E-state index contributed by atoms with van der Waals surface area (Å²) in [5, 5.41) is 13.1. The van der Waals surface area contributed by atoms with Gasteiger partial charge in [0.05, 0.1) is 5.52 Å². The first-order chi connectivity index (χ1) is 17.3. The summed E-state index contributed by atoms with van der Waals surface area (Å²) >= 11 is 5.30. The molecular formula is C29H23BrN2O3S. The fraction of sp³-hybridized carbons (Fsp3) is 0.103. The maximum atomic E-state index is 12.2. The quantitative estimate of drug-likeness (QED) is 0.240. The van der Waals surface area contributed by atoms with Crippen LogP contribution in [0.5, 0.6) is 0 Å². The van der Waals surface area contributed by atoms with Crippen LogP contribution in [-0.4, -0.2) is 40.5 Å². The van der Waals surface area contributed by atoms with Gasteiger partial charge in [-0.25, -0.2) is 4.79 Å². The minimum Gasteiger partial charge on any atom is -0.477 e. The van der Waals surface area contributed by atoms with E-state index in [1.54, 1.807) is 44.1 Å². The van der Waals surface area contributed by atoms with Crippen LogP contribution in [0.2, 0.25) is 0 Å². The third-order valence-electron chi connectivity index (χ3n) is 6.07. The Hall–Kier alpha value is -3.55. The second-order valence-electron chi connectivity index (χ2n) is 8.77. The van der Waals surface area contributed by atoms with E-state index in [9.17, 15) is 14.7 Å². The Kier molecular flexibility index (Phi) is 6.60. The smallest absolute Gasteiger partial charge is 0.352 e. The highest BCUT2D eigenvalue weighted by atomic mass is 79.9. The van der Waals surface area contributed by atoms with Crippen LogP contribution in [0.3, 0.4) is 0 Å². The van der Waals surface area contributed by atoms with Crippen LogP contribution in [0.1, 0.15) is 26.4 Å². The van der Waals surface area contributed by atoms with Gasteiger partial charge in [0.1, 0.15) is 5.69 Å². The number of aromatic nitrogens is 1. The number of nitrogens with zero attached hydrogens (tertiary/aromatic N) is 2. The lowest BCUT2D eigenvalue weighted by atomic mass is 10.1. The SMILES string of the molecule is CN(C)C(=O)c1ccc(Cn2c(C(=O)O)cc3c(Br)cc(Sc4ccc5ccccc5c4)cc32)cc1. The first-order valence-corrected chi connectivity index (χ1v) is 12.9. The van der Waals surface area contributed by atoms with Crippen molar-refractivity contribution < 1.29 is 14.7 Å². The van der Waals surface area contributed by atoms with E-state index in [0.717, 1.165) is 30.7 Å². The summed E-state index contributed by atoms with van der Waals surface area (Å²) in [6.45, 7) is 0.373. The summed E-state index contributed by atoms with van der Waals surface area (Å²) in [5.74, 6) is -1.06. The normalized spacial score (nSPS) is 11.2. The topological polar surface area (TPSA) is 62.5 Å². The van der Waals surface area contributed by atoms with Crippen LogP contribution in [-0.2, 0) is 6.54 Å². The zero-order valence-corrected chi connectivity index (χ0v) is 22.1. The molecule has 0 bridgehead atoms. The summed E-state index contributed by atoms with van der Waals surface area (Å²) in [5.41, 5.74) is 2.55. The number of halogens is 1. The molecule has 0 radical (unpaired) electrons. The van der Waals surface area contributed by atoms with E-state index in [4.69, 9.17) is 0 Å². The summed E-state index contributed by atoms with van der Waals surface area (Å²) in [7, 11) is 3.43. The summed E-state index contributed by atoms with van der Waals surface area (Å²) in [4.78, 5) is 28.0. The van der Waals surface area contributed by atoms with Crippen molar-refractivity contribution in [2.75, 3.05) is 14.1 Å². The summed E-state index contributed by atoms with van der Waals surface area (Å²) in [6, 6.07) is 27.7. The van der Waals surface area contributed by atoms with Crippen molar-refractivity contribution in [1.29, 1.82) is 0 Å². The van der Waals surface area contributed by atoms with E-state index in [1.165, 1.54) is 15.7 Å². The fourth-order valence-electron chi connectivity index (χ4n) is 4.26. The Labute approximate surface area is 221 Å². The highest BCUT2D eigenvalue weighted by molar-refractivity contribution is 9.10. The predicted octanol–water partition coefficient (Wildman–Crippen LogP) is 7.16. The number of aromatic carboxylic acids is 1. The minimum absolute atomic E-state index is 0.0709. The zero-order valence-electron chi connectivity index (χ0n) is 19.7. The number of hydrogen-bond donors (Lipinski definition) is 1. The number of carbonyl (C=O) groups excluding carboxylic acids is 1. The van der Waals surface area contributed by atoms with E-state index in [-0.39, 0.29) is 11.6 Å². The number of carboxylic acid groups (broad SMARTS) is 1. The van der Waals surface area contributed by atoms with Crippen LogP contribution in [0.15, 0.2) is 99.2 Å². The molecule has 0 unspecified atom stereocenters. The number of benzene rings is 4. The van der Waals surface area contributed by atoms with E-state index in [1.807, 2.05) is 41.0 Å². The highest BCUT2D eigenvalue weighted by Crippen LogP contribution is 2.37. The van der Waals surface area contributed by atoms with Gasteiger partial charge in [-0.2, -0.15) is 0 Å². The molecule has 0 saturated heterocycles. The molecule has 1 N–H and O–H groups in total. The van der Waals surface area contributed by atoms with E-state index >= 15 is 0 Å². The van der Waals surface area contributed by atoms with Gasteiger partial charge in [0, 0.05) is 45.9 Å². The predicted molar refractivity (Wildman–Crippen MR) is 148 cm³/mol. The monoisotopic (exact) mass is 558 g/mol. The van der Waals surface area contributed by atoms with Crippen molar-refractivity contribution in [2.45, 2.75) is 16.3 Å². The lowest BCUT2D eigenvalue weighted by Crippen LogP contribution is -2.21. The van der Waals surface area contributed by atoms with E-state index in [0.29, 0.717) is 12.1 Å².